The summed E-state index contributed by atoms with van der Waals surface area (Å²) in [7, 11) is 0. The van der Waals surface area contributed by atoms with E-state index in [2.05, 4.69) is 9.80 Å². The highest BCUT2D eigenvalue weighted by molar-refractivity contribution is 6.53. The lowest BCUT2D eigenvalue weighted by atomic mass is 9.85. The van der Waals surface area contributed by atoms with Crippen LogP contribution < -0.4 is 0 Å². The molecule has 1 aromatic carbocycles. The number of rotatable bonds is 3. The molecule has 0 bridgehead atoms. The third-order valence-corrected chi connectivity index (χ3v) is 7.38. The molecule has 0 unspecified atom stereocenters. The third-order valence-electron chi connectivity index (χ3n) is 7.38. The Balaban J connectivity index is 1.40. The van der Waals surface area contributed by atoms with Crippen LogP contribution in [-0.4, -0.2) is 53.6 Å². The Bertz CT molecular complexity index is 1020. The highest BCUT2D eigenvalue weighted by Gasteiger charge is 2.37. The third kappa shape index (κ3) is 3.15. The predicted octanol–water partition coefficient (Wildman–Crippen LogP) is 4.31. The van der Waals surface area contributed by atoms with Gasteiger partial charge in [-0.3, -0.25) is 14.5 Å². The zero-order chi connectivity index (χ0) is 21.0. The molecule has 158 valence electrons. The van der Waals surface area contributed by atoms with Gasteiger partial charge in [0.15, 0.2) is 0 Å². The Hall–Kier alpha value is -2.24. The molecule has 2 aromatic rings. The number of furan rings is 1. The molecule has 0 radical (unpaired) electrons. The number of Topliss-reactive ketones (excluding diaryl/α,β-unsaturated/α-hetero) is 2. The summed E-state index contributed by atoms with van der Waals surface area (Å²) in [5, 5.41) is 0. The van der Waals surface area contributed by atoms with Crippen LogP contribution in [0, 0.1) is 20.8 Å². The Morgan fingerprint density at radius 3 is 2.20 bits per heavy atom. The van der Waals surface area contributed by atoms with Crippen LogP contribution >= 0.6 is 0 Å². The van der Waals surface area contributed by atoms with Gasteiger partial charge in [-0.2, -0.15) is 0 Å². The Morgan fingerprint density at radius 1 is 0.900 bits per heavy atom. The van der Waals surface area contributed by atoms with Crippen molar-refractivity contribution in [1.82, 2.24) is 9.80 Å². The normalized spacial score (nSPS) is 20.6. The molecule has 0 spiro atoms. The van der Waals surface area contributed by atoms with Crippen LogP contribution in [-0.2, 0) is 6.54 Å². The van der Waals surface area contributed by atoms with Crippen molar-refractivity contribution in [2.75, 3.05) is 26.2 Å². The van der Waals surface area contributed by atoms with Crippen molar-refractivity contribution in [2.24, 2.45) is 0 Å². The van der Waals surface area contributed by atoms with Gasteiger partial charge >= 0.3 is 0 Å². The van der Waals surface area contributed by atoms with Crippen molar-refractivity contribution in [1.29, 1.82) is 0 Å². The maximum atomic E-state index is 12.9. The number of hydrogen-bond donors (Lipinski definition) is 0. The van der Waals surface area contributed by atoms with Crippen LogP contribution in [0.15, 0.2) is 16.5 Å². The van der Waals surface area contributed by atoms with Gasteiger partial charge in [0.05, 0.1) is 12.1 Å². The van der Waals surface area contributed by atoms with Gasteiger partial charge < -0.3 is 9.32 Å². The first-order valence-corrected chi connectivity index (χ1v) is 11.2. The van der Waals surface area contributed by atoms with E-state index in [-0.39, 0.29) is 0 Å². The molecule has 5 heteroatoms. The predicted molar refractivity (Wildman–Crippen MR) is 116 cm³/mol. The van der Waals surface area contributed by atoms with Crippen LogP contribution in [0.1, 0.15) is 68.8 Å². The minimum absolute atomic E-state index is 0.414. The van der Waals surface area contributed by atoms with E-state index in [1.807, 2.05) is 32.9 Å². The van der Waals surface area contributed by atoms with Gasteiger partial charge in [-0.15, -0.1) is 0 Å². The summed E-state index contributed by atoms with van der Waals surface area (Å²) in [5.41, 5.74) is 4.65. The summed E-state index contributed by atoms with van der Waals surface area (Å²) in [4.78, 5) is 30.7. The second-order valence-corrected chi connectivity index (χ2v) is 9.25. The monoisotopic (exact) mass is 406 g/mol. The lowest BCUT2D eigenvalue weighted by Gasteiger charge is -2.36. The molecular formula is C25H30N2O3. The van der Waals surface area contributed by atoms with Crippen LogP contribution in [0.3, 0.4) is 0 Å². The van der Waals surface area contributed by atoms with Gasteiger partial charge in [0, 0.05) is 35.8 Å². The topological polar surface area (TPSA) is 53.8 Å². The number of hydrogen-bond acceptors (Lipinski definition) is 5. The van der Waals surface area contributed by atoms with Crippen molar-refractivity contribution in [2.45, 2.75) is 59.0 Å². The molecule has 0 N–H and O–H groups in total. The maximum absolute atomic E-state index is 12.9. The number of nitrogens with zero attached hydrogens (tertiary/aromatic N) is 2. The minimum Gasteiger partial charge on any atom is -0.459 e. The lowest BCUT2D eigenvalue weighted by Crippen LogP contribution is -2.43. The minimum atomic E-state index is -0.430. The molecule has 2 aliphatic heterocycles. The quantitative estimate of drug-likeness (QED) is 0.711. The van der Waals surface area contributed by atoms with E-state index in [4.69, 9.17) is 4.42 Å². The van der Waals surface area contributed by atoms with Gasteiger partial charge in [0.1, 0.15) is 11.5 Å². The molecule has 1 aromatic heterocycles. The van der Waals surface area contributed by atoms with E-state index in [9.17, 15) is 9.59 Å². The maximum Gasteiger partial charge on any atom is 0.237 e. The number of piperidine rings is 1. The zero-order valence-electron chi connectivity index (χ0n) is 18.2. The van der Waals surface area contributed by atoms with Gasteiger partial charge in [0.25, 0.3) is 0 Å². The number of likely N-dealkylation sites (tertiary alicyclic amines) is 2. The first kappa shape index (κ1) is 19.7. The smallest absolute Gasteiger partial charge is 0.237 e. The van der Waals surface area contributed by atoms with E-state index in [0.717, 1.165) is 41.1 Å². The summed E-state index contributed by atoms with van der Waals surface area (Å²) >= 11 is 0. The van der Waals surface area contributed by atoms with Crippen LogP contribution in [0.4, 0.5) is 0 Å². The SMILES string of the molecule is Cc1cc2c(cc1C)-c1oc(CN3CCC(N4CCCC4)CC3)c(C)c1C(=O)C2=O. The van der Waals surface area contributed by atoms with Crippen molar-refractivity contribution < 1.29 is 14.0 Å². The van der Waals surface area contributed by atoms with Gasteiger partial charge in [-0.1, -0.05) is 0 Å². The average molecular weight is 407 g/mol. The Labute approximate surface area is 178 Å². The number of benzene rings is 1. The fourth-order valence-corrected chi connectivity index (χ4v) is 5.35. The van der Waals surface area contributed by atoms with E-state index in [1.165, 1.54) is 38.8 Å². The molecule has 3 aliphatic rings. The number of carbonyl (C=O) groups is 2. The molecule has 30 heavy (non-hydrogen) atoms. The molecule has 5 rings (SSSR count). The summed E-state index contributed by atoms with van der Waals surface area (Å²) < 4.78 is 6.28. The van der Waals surface area contributed by atoms with Gasteiger partial charge in [0.2, 0.25) is 11.6 Å². The van der Waals surface area contributed by atoms with E-state index in [1.54, 1.807) is 0 Å². The molecule has 1 aliphatic carbocycles. The van der Waals surface area contributed by atoms with E-state index >= 15 is 0 Å². The average Bonchev–Trinajstić information content (AvgIpc) is 3.38. The largest absolute Gasteiger partial charge is 0.459 e. The summed E-state index contributed by atoms with van der Waals surface area (Å²) in [5.74, 6) is 0.562. The van der Waals surface area contributed by atoms with E-state index in [0.29, 0.717) is 29.5 Å². The first-order chi connectivity index (χ1) is 14.4. The zero-order valence-corrected chi connectivity index (χ0v) is 18.2. The molecule has 3 heterocycles. The highest BCUT2D eigenvalue weighted by Crippen LogP contribution is 2.40. The standard InChI is InChI=1S/C25H30N2O3/c1-15-12-19-20(13-16(15)2)25-22(24(29)23(19)28)17(3)21(30-25)14-26-10-6-18(7-11-26)27-8-4-5-9-27/h12-13,18H,4-11,14H2,1-3H3. The molecule has 2 fully saturated rings. The fourth-order valence-electron chi connectivity index (χ4n) is 5.35. The second kappa shape index (κ2) is 7.47. The van der Waals surface area contributed by atoms with Crippen LogP contribution in [0.25, 0.3) is 11.3 Å². The van der Waals surface area contributed by atoms with E-state index < -0.39 is 11.6 Å². The highest BCUT2D eigenvalue weighted by atomic mass is 16.3. The lowest BCUT2D eigenvalue weighted by molar-refractivity contribution is 0.0814. The first-order valence-electron chi connectivity index (χ1n) is 11.2. The number of ketones is 2. The molecule has 5 nitrogen and oxygen atoms in total. The van der Waals surface area contributed by atoms with Crippen LogP contribution in [0.5, 0.6) is 0 Å². The number of carbonyl (C=O) groups excluding carboxylic acids is 2. The summed E-state index contributed by atoms with van der Waals surface area (Å²) in [6.07, 6.45) is 5.06. The molecule has 2 saturated heterocycles. The molecular weight excluding hydrogens is 376 g/mol. The Kier molecular flexibility index (Phi) is 4.91. The van der Waals surface area contributed by atoms with Crippen LogP contribution in [0.2, 0.25) is 0 Å². The fraction of sp³-hybridized carbons (Fsp3) is 0.520. The van der Waals surface area contributed by atoms with Gasteiger partial charge in [-0.05, 0) is 82.8 Å². The molecule has 0 atom stereocenters. The Morgan fingerprint density at radius 2 is 1.53 bits per heavy atom. The molecule has 0 amide bonds. The van der Waals surface area contributed by atoms with Crippen molar-refractivity contribution in [3.63, 3.8) is 0 Å². The summed E-state index contributed by atoms with van der Waals surface area (Å²) in [6, 6.07) is 4.53. The number of fused-ring (bicyclic) bond motifs is 3. The number of aryl methyl sites for hydroxylation is 2. The second-order valence-electron chi connectivity index (χ2n) is 9.25. The summed E-state index contributed by atoms with van der Waals surface area (Å²) in [6.45, 7) is 11.2. The van der Waals surface area contributed by atoms with Gasteiger partial charge in [-0.25, -0.2) is 0 Å². The molecule has 0 saturated carbocycles. The van der Waals surface area contributed by atoms with Crippen molar-refractivity contribution >= 4 is 11.6 Å². The van der Waals surface area contributed by atoms with Crippen molar-refractivity contribution in [3.05, 3.63) is 45.7 Å². The van der Waals surface area contributed by atoms with Crippen molar-refractivity contribution in [3.8, 4) is 11.3 Å².